The van der Waals surface area contributed by atoms with Crippen LogP contribution in [0.3, 0.4) is 0 Å². The lowest BCUT2D eigenvalue weighted by molar-refractivity contribution is -0.135. The first-order valence-corrected chi connectivity index (χ1v) is 11.7. The van der Waals surface area contributed by atoms with Gasteiger partial charge in [0.15, 0.2) is 0 Å². The molecule has 1 aliphatic rings. The smallest absolute Gasteiger partial charge is 0.223 e. The zero-order valence-corrected chi connectivity index (χ0v) is 18.0. The summed E-state index contributed by atoms with van der Waals surface area (Å²) in [6, 6.07) is 4.19. The van der Waals surface area contributed by atoms with E-state index in [9.17, 15) is 4.79 Å². The van der Waals surface area contributed by atoms with Crippen LogP contribution in [-0.4, -0.2) is 41.5 Å². The first-order chi connectivity index (χ1) is 12.7. The van der Waals surface area contributed by atoms with Crippen molar-refractivity contribution in [1.82, 2.24) is 9.27 Å². The average Bonchev–Trinajstić information content (AvgIpc) is 3.38. The minimum absolute atomic E-state index is 0.208. The number of carbonyl (C=O) groups excluding carboxylic acids is 1. The summed E-state index contributed by atoms with van der Waals surface area (Å²) in [7, 11) is 0. The molecule has 4 rings (SSSR count). The molecule has 1 aliphatic heterocycles. The molecule has 0 bridgehead atoms. The number of thiophene rings is 2. The van der Waals surface area contributed by atoms with Gasteiger partial charge in [0.05, 0.1) is 28.9 Å². The molecule has 0 atom stereocenters. The lowest BCUT2D eigenvalue weighted by Gasteiger charge is -2.26. The fourth-order valence-corrected chi connectivity index (χ4v) is 6.50. The van der Waals surface area contributed by atoms with Crippen LogP contribution in [0, 0.1) is 0 Å². The number of carbonyl (C=O) groups is 1. The Balaban J connectivity index is 1.42. The number of nitrogens with zero attached hydrogens (tertiary/aromatic N) is 2. The molecule has 4 heterocycles. The van der Waals surface area contributed by atoms with E-state index in [1.807, 2.05) is 4.90 Å². The Bertz CT molecular complexity index is 885. The van der Waals surface area contributed by atoms with Crippen LogP contribution in [0.4, 0.5) is 5.00 Å². The fourth-order valence-electron chi connectivity index (χ4n) is 2.86. The highest BCUT2D eigenvalue weighted by molar-refractivity contribution is 9.10. The van der Waals surface area contributed by atoms with Gasteiger partial charge in [0.1, 0.15) is 10.5 Å². The number of nitrogens with one attached hydrogen (secondary N) is 1. The first kappa shape index (κ1) is 18.4. The number of aryl methyl sites for hydroxylation is 1. The van der Waals surface area contributed by atoms with E-state index in [1.54, 1.807) is 22.7 Å². The molecule has 9 heteroatoms. The van der Waals surface area contributed by atoms with E-state index in [0.717, 1.165) is 28.0 Å². The van der Waals surface area contributed by atoms with Crippen molar-refractivity contribution in [1.29, 1.82) is 0 Å². The molecule has 1 fully saturated rings. The molecule has 1 saturated heterocycles. The maximum Gasteiger partial charge on any atom is 0.223 e. The van der Waals surface area contributed by atoms with Gasteiger partial charge in [-0.15, -0.1) is 22.7 Å². The van der Waals surface area contributed by atoms with Crippen LogP contribution in [0.1, 0.15) is 16.2 Å². The molecule has 0 aliphatic carbocycles. The molecule has 3 aromatic heterocycles. The number of morpholine rings is 1. The number of ether oxygens (including phenoxy) is 1. The lowest BCUT2D eigenvalue weighted by atomic mass is 10.2. The van der Waals surface area contributed by atoms with Crippen LogP contribution in [0.25, 0.3) is 10.2 Å². The van der Waals surface area contributed by atoms with Gasteiger partial charge in [0, 0.05) is 29.3 Å². The molecular weight excluding hydrogens is 454 g/mol. The monoisotopic (exact) mass is 471 g/mol. The summed E-state index contributed by atoms with van der Waals surface area (Å²) in [5.41, 5.74) is 1.00. The Morgan fingerprint density at radius 1 is 1.38 bits per heavy atom. The van der Waals surface area contributed by atoms with Crippen LogP contribution >= 0.6 is 50.1 Å². The zero-order chi connectivity index (χ0) is 17.9. The third-order valence-electron chi connectivity index (χ3n) is 4.26. The highest BCUT2D eigenvalue weighted by atomic mass is 79.9. The Kier molecular flexibility index (Phi) is 5.90. The number of fused-ring (bicyclic) bond motifs is 1. The van der Waals surface area contributed by atoms with Crippen molar-refractivity contribution in [3.05, 3.63) is 31.7 Å². The molecule has 5 nitrogen and oxygen atoms in total. The topological polar surface area (TPSA) is 54.5 Å². The van der Waals surface area contributed by atoms with Crippen molar-refractivity contribution in [3.63, 3.8) is 0 Å². The number of amides is 1. The van der Waals surface area contributed by atoms with E-state index < -0.39 is 0 Å². The quantitative estimate of drug-likeness (QED) is 0.571. The van der Waals surface area contributed by atoms with Gasteiger partial charge in [-0.3, -0.25) is 4.79 Å². The number of aromatic nitrogens is 1. The predicted molar refractivity (Wildman–Crippen MR) is 113 cm³/mol. The summed E-state index contributed by atoms with van der Waals surface area (Å²) in [6.07, 6.45) is 1.27. The number of hydrogen-bond donors (Lipinski definition) is 1. The van der Waals surface area contributed by atoms with Gasteiger partial charge < -0.3 is 15.0 Å². The second-order valence-corrected chi connectivity index (χ2v) is 9.66. The minimum Gasteiger partial charge on any atom is -0.378 e. The normalized spacial score (nSPS) is 14.9. The molecular formula is C17H18BrN3O2S3. The van der Waals surface area contributed by atoms with Crippen LogP contribution in [0.5, 0.6) is 0 Å². The first-order valence-electron chi connectivity index (χ1n) is 8.40. The van der Waals surface area contributed by atoms with Crippen molar-refractivity contribution in [2.45, 2.75) is 19.4 Å². The maximum absolute atomic E-state index is 12.4. The van der Waals surface area contributed by atoms with Crippen molar-refractivity contribution in [2.75, 3.05) is 31.6 Å². The SMILES string of the molecule is O=C(CCc1sc2c(NCc3cccs3)snc2c1Br)N1CCOCC1. The van der Waals surface area contributed by atoms with Gasteiger partial charge in [-0.1, -0.05) is 6.07 Å². The molecule has 0 radical (unpaired) electrons. The Labute approximate surface area is 172 Å². The summed E-state index contributed by atoms with van der Waals surface area (Å²) in [5.74, 6) is 0.208. The molecule has 1 N–H and O–H groups in total. The van der Waals surface area contributed by atoms with Gasteiger partial charge in [-0.2, -0.15) is 4.37 Å². The Morgan fingerprint density at radius 3 is 3.00 bits per heavy atom. The molecule has 0 spiro atoms. The molecule has 0 aromatic carbocycles. The molecule has 138 valence electrons. The van der Waals surface area contributed by atoms with Gasteiger partial charge in [0.25, 0.3) is 0 Å². The van der Waals surface area contributed by atoms with Crippen molar-refractivity contribution in [2.24, 2.45) is 0 Å². The van der Waals surface area contributed by atoms with E-state index in [0.29, 0.717) is 32.7 Å². The number of halogens is 1. The van der Waals surface area contributed by atoms with Gasteiger partial charge >= 0.3 is 0 Å². The average molecular weight is 472 g/mol. The van der Waals surface area contributed by atoms with Crippen LogP contribution < -0.4 is 5.32 Å². The van der Waals surface area contributed by atoms with Crippen LogP contribution in [0.15, 0.2) is 22.0 Å². The zero-order valence-electron chi connectivity index (χ0n) is 14.0. The third kappa shape index (κ3) is 3.96. The summed E-state index contributed by atoms with van der Waals surface area (Å²) in [5, 5.41) is 6.68. The molecule has 26 heavy (non-hydrogen) atoms. The molecule has 0 unspecified atom stereocenters. The fraction of sp³-hybridized carbons (Fsp3) is 0.412. The number of rotatable bonds is 6. The van der Waals surface area contributed by atoms with Crippen LogP contribution in [0.2, 0.25) is 0 Å². The van der Waals surface area contributed by atoms with Crippen LogP contribution in [-0.2, 0) is 22.5 Å². The van der Waals surface area contributed by atoms with E-state index >= 15 is 0 Å². The summed E-state index contributed by atoms with van der Waals surface area (Å²) in [6.45, 7) is 3.52. The van der Waals surface area contributed by atoms with Gasteiger partial charge in [-0.25, -0.2) is 0 Å². The standard InChI is InChI=1S/C17H18BrN3O2S3/c18-14-12(3-4-13(22)21-5-7-23-8-6-21)25-16-15(14)20-26-17(16)19-10-11-2-1-9-24-11/h1-2,9,19H,3-8,10H2. The summed E-state index contributed by atoms with van der Waals surface area (Å²) >= 11 is 8.66. The lowest BCUT2D eigenvalue weighted by Crippen LogP contribution is -2.40. The highest BCUT2D eigenvalue weighted by Crippen LogP contribution is 2.42. The number of anilines is 1. The number of hydrogen-bond acceptors (Lipinski definition) is 7. The third-order valence-corrected chi connectivity index (χ3v) is 8.44. The Hall–Kier alpha value is -1.000. The minimum atomic E-state index is 0.208. The Morgan fingerprint density at radius 2 is 2.23 bits per heavy atom. The predicted octanol–water partition coefficient (Wildman–Crippen LogP) is 4.59. The van der Waals surface area contributed by atoms with Crippen molar-refractivity contribution < 1.29 is 9.53 Å². The van der Waals surface area contributed by atoms with E-state index in [-0.39, 0.29) is 5.91 Å². The van der Waals surface area contributed by atoms with E-state index in [1.165, 1.54) is 26.0 Å². The molecule has 0 saturated carbocycles. The molecule has 1 amide bonds. The van der Waals surface area contributed by atoms with Crippen molar-refractivity contribution in [3.8, 4) is 0 Å². The maximum atomic E-state index is 12.4. The van der Waals surface area contributed by atoms with E-state index in [2.05, 4.69) is 43.1 Å². The second-order valence-electron chi connectivity index (χ2n) is 5.95. The highest BCUT2D eigenvalue weighted by Gasteiger charge is 2.20. The second kappa shape index (κ2) is 8.35. The largest absolute Gasteiger partial charge is 0.378 e. The van der Waals surface area contributed by atoms with Gasteiger partial charge in [-0.05, 0) is 45.3 Å². The van der Waals surface area contributed by atoms with Gasteiger partial charge in [0.2, 0.25) is 5.91 Å². The van der Waals surface area contributed by atoms with E-state index in [4.69, 9.17) is 4.74 Å². The molecule has 3 aromatic rings. The summed E-state index contributed by atoms with van der Waals surface area (Å²) < 4.78 is 12.1. The summed E-state index contributed by atoms with van der Waals surface area (Å²) in [4.78, 5) is 16.8. The van der Waals surface area contributed by atoms with Crippen molar-refractivity contribution >= 4 is 71.3 Å².